The molecule has 1 unspecified atom stereocenters. The molecule has 1 atom stereocenters. The molecule has 3 aromatic rings. The molecule has 0 aromatic heterocycles. The van der Waals surface area contributed by atoms with E-state index in [2.05, 4.69) is 14.2 Å². The van der Waals surface area contributed by atoms with Gasteiger partial charge in [-0.3, -0.25) is 4.72 Å². The van der Waals surface area contributed by atoms with Crippen molar-refractivity contribution in [3.8, 4) is 0 Å². The monoisotopic (exact) mass is 615 g/mol. The fourth-order valence-corrected chi connectivity index (χ4v) is 5.54. The molecule has 0 bridgehead atoms. The van der Waals surface area contributed by atoms with Gasteiger partial charge in [0.1, 0.15) is 5.71 Å². The lowest BCUT2D eigenvalue weighted by Crippen LogP contribution is -2.42. The molecule has 16 heteroatoms. The third kappa shape index (κ3) is 6.38. The third-order valence-electron chi connectivity index (χ3n) is 5.71. The molecule has 0 aliphatic carbocycles. The zero-order valence-electron chi connectivity index (χ0n) is 20.5. The van der Waals surface area contributed by atoms with Crippen LogP contribution in [0.25, 0.3) is 0 Å². The van der Waals surface area contributed by atoms with Gasteiger partial charge in [-0.15, -0.1) is 4.40 Å². The number of anilines is 1. The van der Waals surface area contributed by atoms with Gasteiger partial charge in [0, 0.05) is 16.3 Å². The lowest BCUT2D eigenvalue weighted by molar-refractivity contribution is -0.137. The molecule has 4 rings (SSSR count). The predicted octanol–water partition coefficient (Wildman–Crippen LogP) is 3.34. The number of hydrogen-bond donors (Lipinski definition) is 3. The van der Waals surface area contributed by atoms with Gasteiger partial charge in [0.2, 0.25) is 16.0 Å². The van der Waals surface area contributed by atoms with Crippen molar-refractivity contribution in [2.75, 3.05) is 17.5 Å². The number of nitrogens with zero attached hydrogens (tertiary/aromatic N) is 3. The molecule has 40 heavy (non-hydrogen) atoms. The van der Waals surface area contributed by atoms with Crippen LogP contribution in [0.2, 0.25) is 5.02 Å². The van der Waals surface area contributed by atoms with E-state index in [1.807, 2.05) is 0 Å². The Kier molecular flexibility index (Phi) is 7.62. The van der Waals surface area contributed by atoms with E-state index in [0.717, 1.165) is 23.4 Å². The Balaban J connectivity index is 1.74. The number of rotatable bonds is 6. The molecule has 10 nitrogen and oxygen atoms in total. The molecule has 0 radical (unpaired) electrons. The smallest absolute Gasteiger partial charge is 0.377 e. The molecule has 0 fully saturated rings. The highest BCUT2D eigenvalue weighted by atomic mass is 35.5. The van der Waals surface area contributed by atoms with Crippen molar-refractivity contribution < 1.29 is 35.1 Å². The normalized spacial score (nSPS) is 18.5. The highest BCUT2D eigenvalue weighted by molar-refractivity contribution is 7.92. The number of nitrogens with two attached hydrogens (primary N) is 1. The van der Waals surface area contributed by atoms with Crippen LogP contribution in [0.15, 0.2) is 87.2 Å². The minimum absolute atomic E-state index is 0.0302. The molecule has 1 aliphatic rings. The highest BCUT2D eigenvalue weighted by Crippen LogP contribution is 2.35. The summed E-state index contributed by atoms with van der Waals surface area (Å²) in [5, 5.41) is 17.4. The van der Waals surface area contributed by atoms with E-state index in [9.17, 15) is 35.1 Å². The number of hydrazone groups is 1. The lowest BCUT2D eigenvalue weighted by Gasteiger charge is -2.26. The van der Waals surface area contributed by atoms with Crippen LogP contribution in [0.1, 0.15) is 16.7 Å². The average molecular weight is 616 g/mol. The molecule has 1 aliphatic heterocycles. The Morgan fingerprint density at radius 3 is 2.27 bits per heavy atom. The quantitative estimate of drug-likeness (QED) is 0.284. The highest BCUT2D eigenvalue weighted by Gasteiger charge is 2.44. The zero-order valence-corrected chi connectivity index (χ0v) is 22.9. The van der Waals surface area contributed by atoms with Crippen molar-refractivity contribution >= 4 is 49.0 Å². The van der Waals surface area contributed by atoms with Crippen molar-refractivity contribution in [1.29, 1.82) is 0 Å². The molecule has 212 valence electrons. The summed E-state index contributed by atoms with van der Waals surface area (Å²) in [6, 6.07) is 14.9. The number of halogens is 4. The van der Waals surface area contributed by atoms with E-state index in [1.54, 1.807) is 12.1 Å². The van der Waals surface area contributed by atoms with E-state index in [4.69, 9.17) is 17.3 Å². The number of aliphatic hydroxyl groups is 1. The maximum atomic E-state index is 13.1. The number of sulfonamides is 2. The van der Waals surface area contributed by atoms with Gasteiger partial charge in [0.25, 0.3) is 10.0 Å². The molecule has 0 saturated heterocycles. The van der Waals surface area contributed by atoms with Crippen molar-refractivity contribution in [3.05, 3.63) is 94.5 Å². The van der Waals surface area contributed by atoms with Crippen molar-refractivity contribution in [2.24, 2.45) is 15.2 Å². The van der Waals surface area contributed by atoms with Crippen molar-refractivity contribution in [1.82, 2.24) is 5.01 Å². The van der Waals surface area contributed by atoms with Crippen molar-refractivity contribution in [2.45, 2.75) is 16.7 Å². The molecule has 0 amide bonds. The first-order valence-corrected chi connectivity index (χ1v) is 14.9. The topological polar surface area (TPSA) is 155 Å². The summed E-state index contributed by atoms with van der Waals surface area (Å²) < 4.78 is 93.7. The summed E-state index contributed by atoms with van der Waals surface area (Å²) in [5.41, 5.74) is 3.74. The number of benzene rings is 3. The second kappa shape index (κ2) is 10.4. The van der Waals surface area contributed by atoms with Gasteiger partial charge in [0.05, 0.1) is 23.3 Å². The molecule has 0 saturated carbocycles. The van der Waals surface area contributed by atoms with Crippen LogP contribution in [0.3, 0.4) is 0 Å². The van der Waals surface area contributed by atoms with Gasteiger partial charge in [-0.25, -0.2) is 13.4 Å². The van der Waals surface area contributed by atoms with Crippen molar-refractivity contribution in [3.63, 3.8) is 0 Å². The summed E-state index contributed by atoms with van der Waals surface area (Å²) in [7, 11) is -8.27. The SMILES string of the molecule is CS(=O)(=O)Nc1ccc(C2(O)CN(/C(N)=N/S(=O)(=O)c3cccc(C(F)(F)F)c3)N=C2c2ccc(Cl)cc2)cc1. The third-order valence-corrected chi connectivity index (χ3v) is 7.85. The molecule has 4 N–H and O–H groups in total. The first-order chi connectivity index (χ1) is 18.5. The molecule has 1 heterocycles. The first kappa shape index (κ1) is 29.3. The van der Waals surface area contributed by atoms with Crippen LogP contribution in [-0.2, 0) is 31.8 Å². The Bertz CT molecular complexity index is 1710. The summed E-state index contributed by atoms with van der Waals surface area (Å²) >= 11 is 5.98. The Morgan fingerprint density at radius 2 is 1.70 bits per heavy atom. The van der Waals surface area contributed by atoms with Gasteiger partial charge in [-0.1, -0.05) is 41.9 Å². The number of nitrogens with one attached hydrogen (secondary N) is 1. The van der Waals surface area contributed by atoms with Crippen LogP contribution in [-0.4, -0.2) is 51.4 Å². The van der Waals surface area contributed by atoms with Gasteiger partial charge in [0.15, 0.2) is 5.60 Å². The molecular weight excluding hydrogens is 595 g/mol. The Labute approximate surface area is 232 Å². The first-order valence-electron chi connectivity index (χ1n) is 11.2. The zero-order chi connectivity index (χ0) is 29.5. The Hall–Kier alpha value is -3.66. The van der Waals surface area contributed by atoms with E-state index < -0.39 is 54.8 Å². The average Bonchev–Trinajstić information content (AvgIpc) is 3.22. The van der Waals surface area contributed by atoms with Gasteiger partial charge < -0.3 is 10.8 Å². The van der Waals surface area contributed by atoms with E-state index in [1.165, 1.54) is 36.4 Å². The largest absolute Gasteiger partial charge is 0.416 e. The molecular formula is C24H21ClF3N5O5S2. The van der Waals surface area contributed by atoms with Gasteiger partial charge >= 0.3 is 6.18 Å². The number of guanidine groups is 1. The fraction of sp³-hybridized carbons (Fsp3) is 0.167. The summed E-state index contributed by atoms with van der Waals surface area (Å²) in [5.74, 6) is -0.713. The number of β-amino-alcohol motifs (C(OH)–C–C–N with tert-alkyl or cyclic N) is 1. The van der Waals surface area contributed by atoms with Gasteiger partial charge in [-0.2, -0.15) is 26.7 Å². The van der Waals surface area contributed by atoms with E-state index in [-0.39, 0.29) is 17.0 Å². The van der Waals surface area contributed by atoms with Crippen LogP contribution in [0.5, 0.6) is 0 Å². The van der Waals surface area contributed by atoms with Crippen LogP contribution in [0.4, 0.5) is 18.9 Å². The van der Waals surface area contributed by atoms with Crippen LogP contribution >= 0.6 is 11.6 Å². The summed E-state index contributed by atoms with van der Waals surface area (Å²) in [6.07, 6.45) is -3.81. The second-order valence-electron chi connectivity index (χ2n) is 8.78. The lowest BCUT2D eigenvalue weighted by atomic mass is 9.86. The van der Waals surface area contributed by atoms with Gasteiger partial charge in [-0.05, 0) is 48.0 Å². The van der Waals surface area contributed by atoms with E-state index in [0.29, 0.717) is 22.7 Å². The fourth-order valence-electron chi connectivity index (χ4n) is 3.88. The predicted molar refractivity (Wildman–Crippen MR) is 144 cm³/mol. The number of hydrogen-bond acceptors (Lipinski definition) is 6. The second-order valence-corrected chi connectivity index (χ2v) is 12.6. The standard InChI is InChI=1S/C24H21ClF3N5O5S2/c1-39(35,36)31-19-11-7-16(8-12-19)23(34)14-33(30-21(23)15-5-9-18(25)10-6-15)22(29)32-40(37,38)20-4-2-3-17(13-20)24(26,27)28/h2-13,31,34H,14H2,1H3,(H2,29,32). The maximum absolute atomic E-state index is 13.1. The molecule has 0 spiro atoms. The molecule has 3 aromatic carbocycles. The number of alkyl halides is 3. The summed E-state index contributed by atoms with van der Waals surface area (Å²) in [6.45, 7) is -0.433. The van der Waals surface area contributed by atoms with Crippen LogP contribution < -0.4 is 10.5 Å². The van der Waals surface area contributed by atoms with E-state index >= 15 is 0 Å². The Morgan fingerprint density at radius 1 is 1.07 bits per heavy atom. The maximum Gasteiger partial charge on any atom is 0.416 e. The minimum atomic E-state index is -4.78. The summed E-state index contributed by atoms with van der Waals surface area (Å²) in [4.78, 5) is -0.740. The van der Waals surface area contributed by atoms with Crippen LogP contribution in [0, 0.1) is 0 Å². The minimum Gasteiger partial charge on any atom is -0.377 e.